The van der Waals surface area contributed by atoms with E-state index in [4.69, 9.17) is 11.6 Å². The zero-order valence-corrected chi connectivity index (χ0v) is 15.4. The van der Waals surface area contributed by atoms with Crippen LogP contribution in [0.2, 0.25) is 5.02 Å². The molecule has 1 N–H and O–H groups in total. The smallest absolute Gasteiger partial charge is 0.328 e. The molecular formula is C19H18ClF3N2O2. The topological polar surface area (TPSA) is 49.4 Å². The van der Waals surface area contributed by atoms with Gasteiger partial charge in [-0.05, 0) is 37.6 Å². The van der Waals surface area contributed by atoms with Crippen LogP contribution in [0, 0.1) is 0 Å². The van der Waals surface area contributed by atoms with Crippen LogP contribution in [0.3, 0.4) is 0 Å². The molecule has 2 rings (SSSR count). The third-order valence-electron chi connectivity index (χ3n) is 3.80. The van der Waals surface area contributed by atoms with Gasteiger partial charge < -0.3 is 10.2 Å². The van der Waals surface area contributed by atoms with Crippen molar-refractivity contribution in [3.63, 3.8) is 0 Å². The summed E-state index contributed by atoms with van der Waals surface area (Å²) >= 11 is 5.55. The molecule has 0 aliphatic heterocycles. The number of rotatable bonds is 4. The first kappa shape index (κ1) is 20.8. The summed E-state index contributed by atoms with van der Waals surface area (Å²) in [5.41, 5.74) is -0.411. The molecule has 4 nitrogen and oxygen atoms in total. The molecule has 0 bridgehead atoms. The van der Waals surface area contributed by atoms with Crippen molar-refractivity contribution in [1.82, 2.24) is 4.90 Å². The Morgan fingerprint density at radius 2 is 1.74 bits per heavy atom. The second-order valence-corrected chi connectivity index (χ2v) is 6.57. The third kappa shape index (κ3) is 5.47. The second-order valence-electron chi connectivity index (χ2n) is 6.16. The summed E-state index contributed by atoms with van der Waals surface area (Å²) in [6.45, 7) is 3.70. The highest BCUT2D eigenvalue weighted by atomic mass is 35.5. The summed E-state index contributed by atoms with van der Waals surface area (Å²) in [5.74, 6) is -1.85. The van der Waals surface area contributed by atoms with Crippen LogP contribution in [0.25, 0.3) is 0 Å². The van der Waals surface area contributed by atoms with E-state index in [1.807, 2.05) is 30.3 Å². The predicted octanol–water partition coefficient (Wildman–Crippen LogP) is 4.73. The number of benzene rings is 2. The minimum absolute atomic E-state index is 0.159. The molecule has 144 valence electrons. The molecule has 0 spiro atoms. The highest BCUT2D eigenvalue weighted by molar-refractivity contribution is 6.39. The summed E-state index contributed by atoms with van der Waals surface area (Å²) in [4.78, 5) is 26.1. The predicted molar refractivity (Wildman–Crippen MR) is 97.2 cm³/mol. The van der Waals surface area contributed by atoms with Crippen molar-refractivity contribution in [2.75, 3.05) is 5.32 Å². The Kier molecular flexibility index (Phi) is 6.49. The molecule has 0 heterocycles. The molecule has 0 saturated heterocycles. The summed E-state index contributed by atoms with van der Waals surface area (Å²) in [6.07, 6.45) is -4.67. The van der Waals surface area contributed by atoms with E-state index in [0.717, 1.165) is 11.6 Å². The van der Waals surface area contributed by atoms with E-state index in [2.05, 4.69) is 5.32 Å². The lowest BCUT2D eigenvalue weighted by Gasteiger charge is -2.26. The minimum Gasteiger partial charge on any atom is -0.328 e. The fourth-order valence-electron chi connectivity index (χ4n) is 2.40. The average molecular weight is 399 g/mol. The van der Waals surface area contributed by atoms with Crippen molar-refractivity contribution in [2.45, 2.75) is 32.6 Å². The highest BCUT2D eigenvalue weighted by Crippen LogP contribution is 2.36. The van der Waals surface area contributed by atoms with Crippen LogP contribution in [-0.2, 0) is 22.3 Å². The molecule has 27 heavy (non-hydrogen) atoms. The lowest BCUT2D eigenvalue weighted by atomic mass is 10.1. The van der Waals surface area contributed by atoms with Gasteiger partial charge in [-0.2, -0.15) is 13.2 Å². The Morgan fingerprint density at radius 1 is 1.11 bits per heavy atom. The fourth-order valence-corrected chi connectivity index (χ4v) is 2.63. The SMILES string of the molecule is CC(C)N(Cc1ccccc1)C(=O)C(=O)Nc1ccc(Cl)c(C(F)(F)F)c1. The number of alkyl halides is 3. The Labute approximate surface area is 159 Å². The van der Waals surface area contributed by atoms with Crippen LogP contribution in [0.1, 0.15) is 25.0 Å². The van der Waals surface area contributed by atoms with Gasteiger partial charge in [0.05, 0.1) is 10.6 Å². The van der Waals surface area contributed by atoms with E-state index >= 15 is 0 Å². The van der Waals surface area contributed by atoms with Crippen LogP contribution in [0.5, 0.6) is 0 Å². The first-order valence-corrected chi connectivity index (χ1v) is 8.50. The number of halogens is 4. The lowest BCUT2D eigenvalue weighted by molar-refractivity contribution is -0.144. The number of carbonyl (C=O) groups excluding carboxylic acids is 2. The van der Waals surface area contributed by atoms with E-state index in [-0.39, 0.29) is 18.3 Å². The molecule has 0 aliphatic carbocycles. The molecule has 0 atom stereocenters. The molecule has 0 fully saturated rings. The molecule has 2 aromatic carbocycles. The average Bonchev–Trinajstić information content (AvgIpc) is 2.60. The normalized spacial score (nSPS) is 11.4. The summed E-state index contributed by atoms with van der Waals surface area (Å²) < 4.78 is 38.8. The van der Waals surface area contributed by atoms with Crippen LogP contribution in [-0.4, -0.2) is 22.8 Å². The monoisotopic (exact) mass is 398 g/mol. The number of nitrogens with one attached hydrogen (secondary N) is 1. The van der Waals surface area contributed by atoms with Gasteiger partial charge in [0.1, 0.15) is 0 Å². The zero-order valence-electron chi connectivity index (χ0n) is 14.7. The Bertz CT molecular complexity index is 823. The molecule has 0 aliphatic rings. The van der Waals surface area contributed by atoms with Gasteiger partial charge in [-0.3, -0.25) is 9.59 Å². The number of hydrogen-bond donors (Lipinski definition) is 1. The van der Waals surface area contributed by atoms with E-state index < -0.39 is 28.6 Å². The lowest BCUT2D eigenvalue weighted by Crippen LogP contribution is -2.43. The Balaban J connectivity index is 2.17. The van der Waals surface area contributed by atoms with Crippen LogP contribution in [0.15, 0.2) is 48.5 Å². The maximum atomic E-state index is 12.9. The van der Waals surface area contributed by atoms with Gasteiger partial charge in [-0.1, -0.05) is 41.9 Å². The van der Waals surface area contributed by atoms with E-state index in [9.17, 15) is 22.8 Å². The maximum Gasteiger partial charge on any atom is 0.417 e. The van der Waals surface area contributed by atoms with Gasteiger partial charge in [0.25, 0.3) is 0 Å². The number of anilines is 1. The second kappa shape index (κ2) is 8.43. The molecular weight excluding hydrogens is 381 g/mol. The van der Waals surface area contributed by atoms with Crippen molar-refractivity contribution in [3.8, 4) is 0 Å². The Hall–Kier alpha value is -2.54. The standard InChI is InChI=1S/C19H18ClF3N2O2/c1-12(2)25(11-13-6-4-3-5-7-13)18(27)17(26)24-14-8-9-16(20)15(10-14)19(21,22)23/h3-10,12H,11H2,1-2H3,(H,24,26). The first-order chi connectivity index (χ1) is 12.6. The number of nitrogens with zero attached hydrogens (tertiary/aromatic N) is 1. The zero-order chi connectivity index (χ0) is 20.2. The largest absolute Gasteiger partial charge is 0.417 e. The summed E-state index contributed by atoms with van der Waals surface area (Å²) in [7, 11) is 0. The molecule has 8 heteroatoms. The van der Waals surface area contributed by atoms with Gasteiger partial charge in [0.15, 0.2) is 0 Å². The van der Waals surface area contributed by atoms with Crippen molar-refractivity contribution < 1.29 is 22.8 Å². The molecule has 0 saturated carbocycles. The van der Waals surface area contributed by atoms with Crippen LogP contribution in [0.4, 0.5) is 18.9 Å². The van der Waals surface area contributed by atoms with Gasteiger partial charge in [-0.15, -0.1) is 0 Å². The number of hydrogen-bond acceptors (Lipinski definition) is 2. The van der Waals surface area contributed by atoms with Crippen LogP contribution >= 0.6 is 11.6 Å². The molecule has 2 amide bonds. The number of carbonyl (C=O) groups is 2. The van der Waals surface area contributed by atoms with E-state index in [0.29, 0.717) is 6.07 Å². The third-order valence-corrected chi connectivity index (χ3v) is 4.13. The Morgan fingerprint density at radius 3 is 2.30 bits per heavy atom. The minimum atomic E-state index is -4.67. The fraction of sp³-hybridized carbons (Fsp3) is 0.263. The van der Waals surface area contributed by atoms with Crippen molar-refractivity contribution >= 4 is 29.1 Å². The van der Waals surface area contributed by atoms with Crippen molar-refractivity contribution in [3.05, 3.63) is 64.7 Å². The first-order valence-electron chi connectivity index (χ1n) is 8.12. The van der Waals surface area contributed by atoms with Gasteiger partial charge in [-0.25, -0.2) is 0 Å². The molecule has 0 radical (unpaired) electrons. The van der Waals surface area contributed by atoms with Gasteiger partial charge >= 0.3 is 18.0 Å². The van der Waals surface area contributed by atoms with Crippen LogP contribution < -0.4 is 5.32 Å². The molecule has 2 aromatic rings. The summed E-state index contributed by atoms with van der Waals surface area (Å²) in [6, 6.07) is 11.7. The maximum absolute atomic E-state index is 12.9. The van der Waals surface area contributed by atoms with E-state index in [1.54, 1.807) is 13.8 Å². The van der Waals surface area contributed by atoms with Gasteiger partial charge in [0.2, 0.25) is 0 Å². The molecule has 0 aromatic heterocycles. The summed E-state index contributed by atoms with van der Waals surface area (Å²) in [5, 5.41) is 1.73. The van der Waals surface area contributed by atoms with Gasteiger partial charge in [0, 0.05) is 18.3 Å². The number of amides is 2. The van der Waals surface area contributed by atoms with E-state index in [1.165, 1.54) is 11.0 Å². The molecule has 0 unspecified atom stereocenters. The highest BCUT2D eigenvalue weighted by Gasteiger charge is 2.34. The van der Waals surface area contributed by atoms with Crippen molar-refractivity contribution in [2.24, 2.45) is 0 Å². The quantitative estimate of drug-likeness (QED) is 0.756. The van der Waals surface area contributed by atoms with Crippen molar-refractivity contribution in [1.29, 1.82) is 0 Å².